The van der Waals surface area contributed by atoms with Gasteiger partial charge in [0.1, 0.15) is 4.88 Å². The quantitative estimate of drug-likeness (QED) is 0.413. The molecule has 0 N–H and O–H groups in total. The van der Waals surface area contributed by atoms with Crippen molar-refractivity contribution in [2.24, 2.45) is 5.16 Å². The van der Waals surface area contributed by atoms with Crippen molar-refractivity contribution in [1.29, 1.82) is 0 Å². The van der Waals surface area contributed by atoms with Gasteiger partial charge in [0.15, 0.2) is 0 Å². The highest BCUT2D eigenvalue weighted by molar-refractivity contribution is 7.11. The van der Waals surface area contributed by atoms with Crippen LogP contribution in [-0.4, -0.2) is 16.2 Å². The molecule has 0 bridgehead atoms. The van der Waals surface area contributed by atoms with Crippen LogP contribution in [0.25, 0.3) is 5.69 Å². The Hall–Kier alpha value is -2.66. The molecule has 0 aliphatic heterocycles. The zero-order chi connectivity index (χ0) is 15.4. The number of thiophene rings is 1. The number of oxime groups is 1. The van der Waals surface area contributed by atoms with Gasteiger partial charge < -0.3 is 9.40 Å². The summed E-state index contributed by atoms with van der Waals surface area (Å²) in [5.74, 6) is -0.432. The van der Waals surface area contributed by atoms with Crippen molar-refractivity contribution in [1.82, 2.24) is 4.57 Å². The maximum absolute atomic E-state index is 11.7. The maximum atomic E-state index is 11.7. The second-order valence-corrected chi connectivity index (χ2v) is 5.62. The standard InChI is InChI=1S/C17H14N2O2S/c1-13(18-21-17(20)16-5-4-12-22-16)14-6-8-15(9-7-14)19-10-2-3-11-19/h2-12H,1H3. The molecule has 22 heavy (non-hydrogen) atoms. The first-order chi connectivity index (χ1) is 10.7. The van der Waals surface area contributed by atoms with Crippen molar-refractivity contribution in [2.45, 2.75) is 6.92 Å². The zero-order valence-electron chi connectivity index (χ0n) is 12.0. The van der Waals surface area contributed by atoms with E-state index in [0.29, 0.717) is 10.6 Å². The van der Waals surface area contributed by atoms with Gasteiger partial charge in [0.25, 0.3) is 0 Å². The number of hydrogen-bond acceptors (Lipinski definition) is 4. The first kappa shape index (κ1) is 14.3. The molecule has 2 aromatic heterocycles. The first-order valence-corrected chi connectivity index (χ1v) is 7.65. The molecule has 0 aliphatic carbocycles. The fourth-order valence-corrected chi connectivity index (χ4v) is 2.58. The Morgan fingerprint density at radius 2 is 1.82 bits per heavy atom. The fraction of sp³-hybridized carbons (Fsp3) is 0.0588. The number of benzene rings is 1. The predicted octanol–water partition coefficient (Wildman–Crippen LogP) is 4.12. The van der Waals surface area contributed by atoms with E-state index in [1.54, 1.807) is 12.1 Å². The van der Waals surface area contributed by atoms with Crippen LogP contribution >= 0.6 is 11.3 Å². The topological polar surface area (TPSA) is 43.6 Å². The second kappa shape index (κ2) is 6.41. The predicted molar refractivity (Wildman–Crippen MR) is 87.7 cm³/mol. The summed E-state index contributed by atoms with van der Waals surface area (Å²) in [5, 5.41) is 5.74. The average Bonchev–Trinajstić information content (AvgIpc) is 3.25. The molecule has 0 saturated heterocycles. The Labute approximate surface area is 132 Å². The van der Waals surface area contributed by atoms with Crippen molar-refractivity contribution in [3.05, 3.63) is 76.7 Å². The SMILES string of the molecule is CC(=NOC(=O)c1cccs1)c1ccc(-n2cccc2)cc1. The highest BCUT2D eigenvalue weighted by Gasteiger charge is 2.08. The molecule has 0 fully saturated rings. The Morgan fingerprint density at radius 3 is 2.45 bits per heavy atom. The largest absolute Gasteiger partial charge is 0.375 e. The van der Waals surface area contributed by atoms with Crippen LogP contribution in [-0.2, 0) is 4.84 Å². The lowest BCUT2D eigenvalue weighted by molar-refractivity contribution is 0.0522. The van der Waals surface area contributed by atoms with E-state index in [9.17, 15) is 4.79 Å². The van der Waals surface area contributed by atoms with Gasteiger partial charge in [-0.05, 0) is 48.2 Å². The highest BCUT2D eigenvalue weighted by atomic mass is 32.1. The van der Waals surface area contributed by atoms with Gasteiger partial charge in [-0.3, -0.25) is 0 Å². The highest BCUT2D eigenvalue weighted by Crippen LogP contribution is 2.13. The van der Waals surface area contributed by atoms with E-state index in [4.69, 9.17) is 4.84 Å². The Kier molecular flexibility index (Phi) is 4.16. The van der Waals surface area contributed by atoms with Crippen molar-refractivity contribution in [3.8, 4) is 5.69 Å². The molecular formula is C17H14N2O2S. The molecule has 0 unspecified atom stereocenters. The summed E-state index contributed by atoms with van der Waals surface area (Å²) in [7, 11) is 0. The molecule has 0 atom stereocenters. The van der Waals surface area contributed by atoms with Crippen LogP contribution in [0.4, 0.5) is 0 Å². The Balaban J connectivity index is 1.70. The van der Waals surface area contributed by atoms with Crippen LogP contribution in [0, 0.1) is 0 Å². The van der Waals surface area contributed by atoms with Crippen LogP contribution in [0.5, 0.6) is 0 Å². The smallest absolute Gasteiger partial charge is 0.324 e. The van der Waals surface area contributed by atoms with E-state index in [2.05, 4.69) is 5.16 Å². The van der Waals surface area contributed by atoms with Crippen LogP contribution in [0.3, 0.4) is 0 Å². The number of aromatic nitrogens is 1. The average molecular weight is 310 g/mol. The lowest BCUT2D eigenvalue weighted by Crippen LogP contribution is -2.02. The first-order valence-electron chi connectivity index (χ1n) is 6.77. The van der Waals surface area contributed by atoms with Crippen molar-refractivity contribution in [2.75, 3.05) is 0 Å². The molecule has 0 amide bonds. The van der Waals surface area contributed by atoms with E-state index >= 15 is 0 Å². The van der Waals surface area contributed by atoms with Gasteiger partial charge >= 0.3 is 5.97 Å². The van der Waals surface area contributed by atoms with Gasteiger partial charge in [0.05, 0.1) is 5.71 Å². The number of rotatable bonds is 4. The minimum atomic E-state index is -0.432. The van der Waals surface area contributed by atoms with Crippen LogP contribution in [0.1, 0.15) is 22.2 Å². The lowest BCUT2D eigenvalue weighted by atomic mass is 10.1. The molecule has 2 heterocycles. The van der Waals surface area contributed by atoms with Crippen LogP contribution in [0.2, 0.25) is 0 Å². The normalized spacial score (nSPS) is 11.4. The molecule has 3 aromatic rings. The summed E-state index contributed by atoms with van der Waals surface area (Å²) in [5.41, 5.74) is 2.64. The summed E-state index contributed by atoms with van der Waals surface area (Å²) >= 11 is 1.33. The van der Waals surface area contributed by atoms with E-state index < -0.39 is 5.97 Å². The van der Waals surface area contributed by atoms with Gasteiger partial charge in [-0.1, -0.05) is 23.4 Å². The third-order valence-corrected chi connectivity index (χ3v) is 4.03. The van der Waals surface area contributed by atoms with E-state index in [1.165, 1.54) is 11.3 Å². The third-order valence-electron chi connectivity index (χ3n) is 3.18. The molecule has 4 nitrogen and oxygen atoms in total. The summed E-state index contributed by atoms with van der Waals surface area (Å²) in [4.78, 5) is 17.2. The van der Waals surface area contributed by atoms with Gasteiger partial charge in [0.2, 0.25) is 0 Å². The van der Waals surface area contributed by atoms with Crippen molar-refractivity contribution in [3.63, 3.8) is 0 Å². The number of hydrogen-bond donors (Lipinski definition) is 0. The van der Waals surface area contributed by atoms with Crippen LogP contribution in [0.15, 0.2) is 71.5 Å². The molecule has 1 aromatic carbocycles. The maximum Gasteiger partial charge on any atom is 0.375 e. The molecule has 0 aliphatic rings. The van der Waals surface area contributed by atoms with Gasteiger partial charge in [-0.15, -0.1) is 11.3 Å². The Morgan fingerprint density at radius 1 is 1.09 bits per heavy atom. The molecular weight excluding hydrogens is 296 g/mol. The summed E-state index contributed by atoms with van der Waals surface area (Å²) in [6.45, 7) is 1.81. The monoisotopic (exact) mass is 310 g/mol. The Bertz CT molecular complexity index is 773. The zero-order valence-corrected chi connectivity index (χ0v) is 12.8. The van der Waals surface area contributed by atoms with Crippen molar-refractivity contribution >= 4 is 23.0 Å². The number of carbonyl (C=O) groups excluding carboxylic acids is 1. The molecule has 5 heteroatoms. The summed E-state index contributed by atoms with van der Waals surface area (Å²) in [6.07, 6.45) is 3.97. The van der Waals surface area contributed by atoms with Gasteiger partial charge in [-0.2, -0.15) is 0 Å². The van der Waals surface area contributed by atoms with E-state index in [0.717, 1.165) is 11.3 Å². The lowest BCUT2D eigenvalue weighted by Gasteiger charge is -2.05. The second-order valence-electron chi connectivity index (χ2n) is 4.67. The van der Waals surface area contributed by atoms with Crippen molar-refractivity contribution < 1.29 is 9.63 Å². The third kappa shape index (κ3) is 3.15. The minimum absolute atomic E-state index is 0.432. The molecule has 3 rings (SSSR count). The summed E-state index contributed by atoms with van der Waals surface area (Å²) in [6, 6.07) is 15.4. The molecule has 0 radical (unpaired) electrons. The fourth-order valence-electron chi connectivity index (χ4n) is 1.98. The van der Waals surface area contributed by atoms with Crippen LogP contribution < -0.4 is 0 Å². The van der Waals surface area contributed by atoms with Gasteiger partial charge in [0, 0.05) is 18.1 Å². The molecule has 0 saturated carbocycles. The van der Waals surface area contributed by atoms with E-state index in [1.807, 2.05) is 65.7 Å². The number of nitrogens with zero attached hydrogens (tertiary/aromatic N) is 2. The summed E-state index contributed by atoms with van der Waals surface area (Å²) < 4.78 is 2.02. The van der Waals surface area contributed by atoms with Gasteiger partial charge in [-0.25, -0.2) is 4.79 Å². The molecule has 110 valence electrons. The number of carbonyl (C=O) groups is 1. The minimum Gasteiger partial charge on any atom is -0.324 e. The molecule has 0 spiro atoms. The van der Waals surface area contributed by atoms with E-state index in [-0.39, 0.29) is 0 Å².